The van der Waals surface area contributed by atoms with Gasteiger partial charge in [-0.2, -0.15) is 0 Å². The van der Waals surface area contributed by atoms with Crippen molar-refractivity contribution < 1.29 is 14.3 Å². The lowest BCUT2D eigenvalue weighted by molar-refractivity contribution is -0.121. The summed E-state index contributed by atoms with van der Waals surface area (Å²) in [6.45, 7) is 0.435. The fourth-order valence-corrected chi connectivity index (χ4v) is 3.48. The number of nitrogens with zero attached hydrogens (tertiary/aromatic N) is 1. The van der Waals surface area contributed by atoms with E-state index >= 15 is 0 Å². The van der Waals surface area contributed by atoms with Crippen LogP contribution in [0.5, 0.6) is 11.5 Å². The number of amides is 1. The first-order chi connectivity index (χ1) is 16.0. The summed E-state index contributed by atoms with van der Waals surface area (Å²) in [7, 11) is 1.56. The molecule has 3 aromatic carbocycles. The van der Waals surface area contributed by atoms with E-state index in [2.05, 4.69) is 10.3 Å². The van der Waals surface area contributed by atoms with Gasteiger partial charge >= 0.3 is 5.69 Å². The highest BCUT2D eigenvalue weighted by molar-refractivity contribution is 5.81. The van der Waals surface area contributed by atoms with Gasteiger partial charge in [-0.15, -0.1) is 0 Å². The Morgan fingerprint density at radius 3 is 2.48 bits per heavy atom. The average molecular weight is 445 g/mol. The summed E-state index contributed by atoms with van der Waals surface area (Å²) in [5.41, 5.74) is 1.15. The van der Waals surface area contributed by atoms with E-state index in [1.807, 2.05) is 36.4 Å². The van der Waals surface area contributed by atoms with Gasteiger partial charge < -0.3 is 14.8 Å². The molecule has 0 aliphatic heterocycles. The summed E-state index contributed by atoms with van der Waals surface area (Å²) in [5.74, 6) is 0.792. The third kappa shape index (κ3) is 5.12. The van der Waals surface area contributed by atoms with Crippen molar-refractivity contribution in [3.05, 3.63) is 105 Å². The van der Waals surface area contributed by atoms with E-state index in [-0.39, 0.29) is 19.0 Å². The molecule has 0 aliphatic carbocycles. The number of benzene rings is 3. The molecule has 4 rings (SSSR count). The monoisotopic (exact) mass is 445 g/mol. The first-order valence-electron chi connectivity index (χ1n) is 10.4. The van der Waals surface area contributed by atoms with Crippen LogP contribution in [0.25, 0.3) is 10.9 Å². The van der Waals surface area contributed by atoms with Gasteiger partial charge in [0.25, 0.3) is 5.56 Å². The molecule has 2 N–H and O–H groups in total. The van der Waals surface area contributed by atoms with Gasteiger partial charge in [0.15, 0.2) is 11.5 Å². The molecule has 0 bridgehead atoms. The normalized spacial score (nSPS) is 10.7. The van der Waals surface area contributed by atoms with Gasteiger partial charge in [-0.3, -0.25) is 19.1 Å². The Balaban J connectivity index is 1.42. The standard InChI is InChI=1S/C25H23N3O5/c1-32-22-13-18(11-12-21(22)33-16-17-7-3-2-4-8-17)14-26-23(29)15-28-20-10-6-5-9-19(20)24(30)27-25(28)31/h2-13H,14-16H2,1H3,(H,26,29)(H,27,30,31). The second-order valence-corrected chi connectivity index (χ2v) is 7.40. The number of hydrogen-bond acceptors (Lipinski definition) is 5. The van der Waals surface area contributed by atoms with Crippen LogP contribution in [0.15, 0.2) is 82.4 Å². The molecule has 0 saturated heterocycles. The van der Waals surface area contributed by atoms with Crippen molar-refractivity contribution in [1.29, 1.82) is 0 Å². The zero-order chi connectivity index (χ0) is 23.2. The second kappa shape index (κ2) is 9.86. The second-order valence-electron chi connectivity index (χ2n) is 7.40. The van der Waals surface area contributed by atoms with Crippen molar-refractivity contribution in [3.8, 4) is 11.5 Å². The van der Waals surface area contributed by atoms with Crippen molar-refractivity contribution in [2.24, 2.45) is 0 Å². The molecule has 0 atom stereocenters. The van der Waals surface area contributed by atoms with E-state index in [1.165, 1.54) is 4.57 Å². The Kier molecular flexibility index (Phi) is 6.54. The molecule has 33 heavy (non-hydrogen) atoms. The highest BCUT2D eigenvalue weighted by atomic mass is 16.5. The predicted octanol–water partition coefficient (Wildman–Crippen LogP) is 2.59. The summed E-state index contributed by atoms with van der Waals surface area (Å²) in [4.78, 5) is 39.0. The number of aromatic amines is 1. The molecule has 0 unspecified atom stereocenters. The van der Waals surface area contributed by atoms with Gasteiger partial charge in [-0.25, -0.2) is 4.79 Å². The first-order valence-corrected chi connectivity index (χ1v) is 10.4. The number of ether oxygens (including phenoxy) is 2. The molecule has 8 nitrogen and oxygen atoms in total. The highest BCUT2D eigenvalue weighted by Crippen LogP contribution is 2.28. The zero-order valence-corrected chi connectivity index (χ0v) is 18.0. The molecular formula is C25H23N3O5. The summed E-state index contributed by atoms with van der Waals surface area (Å²) in [5, 5.41) is 3.14. The number of hydrogen-bond donors (Lipinski definition) is 2. The van der Waals surface area contributed by atoms with Crippen molar-refractivity contribution in [3.63, 3.8) is 0 Å². The molecule has 8 heteroatoms. The van der Waals surface area contributed by atoms with Gasteiger partial charge in [0.05, 0.1) is 18.0 Å². The molecule has 1 heterocycles. The molecule has 1 aromatic heterocycles. The van der Waals surface area contributed by atoms with E-state index < -0.39 is 11.2 Å². The van der Waals surface area contributed by atoms with Gasteiger partial charge in [0.1, 0.15) is 13.2 Å². The van der Waals surface area contributed by atoms with E-state index in [4.69, 9.17) is 9.47 Å². The van der Waals surface area contributed by atoms with E-state index in [0.717, 1.165) is 11.1 Å². The Morgan fingerprint density at radius 1 is 0.939 bits per heavy atom. The molecule has 0 aliphatic rings. The van der Waals surface area contributed by atoms with Crippen LogP contribution in [0.1, 0.15) is 11.1 Å². The van der Waals surface area contributed by atoms with Crippen LogP contribution >= 0.6 is 0 Å². The molecule has 0 fully saturated rings. The molecule has 1 amide bonds. The summed E-state index contributed by atoms with van der Waals surface area (Å²) in [6.07, 6.45) is 0. The fraction of sp³-hybridized carbons (Fsp3) is 0.160. The van der Waals surface area contributed by atoms with Crippen LogP contribution in [0.2, 0.25) is 0 Å². The van der Waals surface area contributed by atoms with Crippen LogP contribution in [0.3, 0.4) is 0 Å². The SMILES string of the molecule is COc1cc(CNC(=O)Cn2c(=O)[nH]c(=O)c3ccccc32)ccc1OCc1ccccc1. The number of nitrogens with one attached hydrogen (secondary N) is 2. The minimum absolute atomic E-state index is 0.217. The zero-order valence-electron chi connectivity index (χ0n) is 18.0. The fourth-order valence-electron chi connectivity index (χ4n) is 3.48. The van der Waals surface area contributed by atoms with E-state index in [0.29, 0.717) is 29.0 Å². The van der Waals surface area contributed by atoms with Crippen molar-refractivity contribution >= 4 is 16.8 Å². The minimum Gasteiger partial charge on any atom is -0.493 e. The Hall–Kier alpha value is -4.33. The third-order valence-electron chi connectivity index (χ3n) is 5.16. The van der Waals surface area contributed by atoms with Crippen LogP contribution < -0.4 is 26.0 Å². The summed E-state index contributed by atoms with van der Waals surface area (Å²) >= 11 is 0. The van der Waals surface area contributed by atoms with Gasteiger partial charge in [-0.05, 0) is 35.4 Å². The molecule has 4 aromatic rings. The summed E-state index contributed by atoms with van der Waals surface area (Å²) < 4.78 is 12.5. The van der Waals surface area contributed by atoms with Gasteiger partial charge in [0, 0.05) is 6.54 Å². The van der Waals surface area contributed by atoms with Gasteiger partial charge in [-0.1, -0.05) is 48.5 Å². The number of H-pyrrole nitrogens is 1. The lowest BCUT2D eigenvalue weighted by Gasteiger charge is -2.13. The number of carbonyl (C=O) groups excluding carboxylic acids is 1. The Bertz CT molecular complexity index is 1390. The van der Waals surface area contributed by atoms with E-state index in [9.17, 15) is 14.4 Å². The topological polar surface area (TPSA) is 102 Å². The number of rotatable bonds is 8. The minimum atomic E-state index is -0.629. The average Bonchev–Trinajstić information content (AvgIpc) is 2.85. The quantitative estimate of drug-likeness (QED) is 0.434. The highest BCUT2D eigenvalue weighted by Gasteiger charge is 2.12. The molecular weight excluding hydrogens is 422 g/mol. The number of para-hydroxylation sites is 1. The van der Waals surface area contributed by atoms with Crippen LogP contribution in [0.4, 0.5) is 0 Å². The molecule has 168 valence electrons. The number of aromatic nitrogens is 2. The molecule has 0 saturated carbocycles. The number of carbonyl (C=O) groups is 1. The van der Waals surface area contributed by atoms with Gasteiger partial charge in [0.2, 0.25) is 5.91 Å². The van der Waals surface area contributed by atoms with Crippen molar-refractivity contribution in [2.75, 3.05) is 7.11 Å². The molecule has 0 spiro atoms. The Labute approximate surface area is 189 Å². The van der Waals surface area contributed by atoms with Crippen LogP contribution in [-0.4, -0.2) is 22.6 Å². The van der Waals surface area contributed by atoms with Crippen LogP contribution in [-0.2, 0) is 24.5 Å². The molecule has 0 radical (unpaired) electrons. The first kappa shape index (κ1) is 21.9. The maximum absolute atomic E-state index is 12.5. The van der Waals surface area contributed by atoms with Crippen molar-refractivity contribution in [1.82, 2.24) is 14.9 Å². The van der Waals surface area contributed by atoms with Crippen LogP contribution in [0, 0.1) is 0 Å². The number of fused-ring (bicyclic) bond motifs is 1. The number of methoxy groups -OCH3 is 1. The lowest BCUT2D eigenvalue weighted by Crippen LogP contribution is -2.36. The van der Waals surface area contributed by atoms with E-state index in [1.54, 1.807) is 43.5 Å². The lowest BCUT2D eigenvalue weighted by atomic mass is 10.2. The maximum atomic E-state index is 12.5. The smallest absolute Gasteiger partial charge is 0.329 e. The Morgan fingerprint density at radius 2 is 1.70 bits per heavy atom. The predicted molar refractivity (Wildman–Crippen MR) is 124 cm³/mol. The van der Waals surface area contributed by atoms with Crippen molar-refractivity contribution in [2.45, 2.75) is 19.7 Å². The summed E-state index contributed by atoms with van der Waals surface area (Å²) in [6, 6.07) is 21.9. The largest absolute Gasteiger partial charge is 0.493 e. The maximum Gasteiger partial charge on any atom is 0.329 e. The third-order valence-corrected chi connectivity index (χ3v) is 5.16.